The Kier molecular flexibility index (Phi) is 5.90. The zero-order valence-electron chi connectivity index (χ0n) is 16.9. The van der Waals surface area contributed by atoms with Crippen LogP contribution in [0.1, 0.15) is 25.3 Å². The molecule has 2 aromatic carbocycles. The number of aliphatic imine (C=N–C) groups is 1. The van der Waals surface area contributed by atoms with Crippen molar-refractivity contribution in [3.05, 3.63) is 59.9 Å². The molecule has 2 heterocycles. The summed E-state index contributed by atoms with van der Waals surface area (Å²) in [7, 11) is 0. The molecule has 1 saturated heterocycles. The fourth-order valence-electron chi connectivity index (χ4n) is 4.11. The number of hydrogen-bond acceptors (Lipinski definition) is 4. The predicted octanol–water partition coefficient (Wildman–Crippen LogP) is 2.11. The molecular weight excluding hydrogens is 385 g/mol. The number of anilines is 1. The van der Waals surface area contributed by atoms with Gasteiger partial charge in [-0.25, -0.2) is 9.38 Å². The van der Waals surface area contributed by atoms with Gasteiger partial charge in [-0.05, 0) is 31.2 Å². The third-order valence-electron chi connectivity index (χ3n) is 5.64. The average Bonchev–Trinajstić information content (AvgIpc) is 3.00. The van der Waals surface area contributed by atoms with Crippen molar-refractivity contribution in [2.75, 3.05) is 31.3 Å². The van der Waals surface area contributed by atoms with Gasteiger partial charge < -0.3 is 9.64 Å². The summed E-state index contributed by atoms with van der Waals surface area (Å²) < 4.78 is 18.7. The highest BCUT2D eigenvalue weighted by Crippen LogP contribution is 2.30. The van der Waals surface area contributed by atoms with Gasteiger partial charge in [0.2, 0.25) is 0 Å². The Morgan fingerprint density at radius 1 is 1.20 bits per heavy atom. The summed E-state index contributed by atoms with van der Waals surface area (Å²) in [5, 5.41) is 0. The Morgan fingerprint density at radius 3 is 2.70 bits per heavy atom. The molecule has 1 N–H and O–H groups in total. The van der Waals surface area contributed by atoms with Crippen LogP contribution in [0.5, 0.6) is 0 Å². The second-order valence-corrected chi connectivity index (χ2v) is 7.63. The van der Waals surface area contributed by atoms with Gasteiger partial charge in [0.25, 0.3) is 5.91 Å². The standard InChI is InChI=1S/C23H24FN3O3/c1-2-30-23(29)16-10-12-26(13-11-16)15-27-20-9-4-3-8-19(20)21(22(27)28)25-18-7-5-6-17(24)14-18/h3-9,14,16H,2,10-13,15H2,1H3/p+1. The van der Waals surface area contributed by atoms with Gasteiger partial charge >= 0.3 is 5.97 Å². The minimum absolute atomic E-state index is 0.0552. The summed E-state index contributed by atoms with van der Waals surface area (Å²) in [6, 6.07) is 13.5. The van der Waals surface area contributed by atoms with E-state index in [1.165, 1.54) is 17.0 Å². The van der Waals surface area contributed by atoms with Crippen LogP contribution in [-0.2, 0) is 14.3 Å². The van der Waals surface area contributed by atoms with E-state index in [-0.39, 0.29) is 23.6 Å². The van der Waals surface area contributed by atoms with E-state index in [0.717, 1.165) is 37.2 Å². The molecule has 156 valence electrons. The number of fused-ring (bicyclic) bond motifs is 1. The number of ether oxygens (including phenoxy) is 1. The van der Waals surface area contributed by atoms with E-state index in [0.29, 0.717) is 24.7 Å². The molecule has 30 heavy (non-hydrogen) atoms. The van der Waals surface area contributed by atoms with Crippen molar-refractivity contribution in [1.82, 2.24) is 0 Å². The van der Waals surface area contributed by atoms with E-state index in [1.807, 2.05) is 31.2 Å². The van der Waals surface area contributed by atoms with Gasteiger partial charge in [-0.1, -0.05) is 24.3 Å². The van der Waals surface area contributed by atoms with Gasteiger partial charge in [-0.2, -0.15) is 0 Å². The number of rotatable bonds is 5. The van der Waals surface area contributed by atoms with Crippen LogP contribution < -0.4 is 9.80 Å². The number of likely N-dealkylation sites (tertiary alicyclic amines) is 1. The SMILES string of the molecule is CCOC(=O)C1CC[NH+](CN2C(=O)C(=Nc3cccc(F)c3)c3ccccc32)CC1. The van der Waals surface area contributed by atoms with Crippen molar-refractivity contribution in [2.24, 2.45) is 10.9 Å². The second-order valence-electron chi connectivity index (χ2n) is 7.63. The Labute approximate surface area is 175 Å². The van der Waals surface area contributed by atoms with Crippen molar-refractivity contribution in [3.8, 4) is 0 Å². The van der Waals surface area contributed by atoms with Crippen molar-refractivity contribution in [1.29, 1.82) is 0 Å². The van der Waals surface area contributed by atoms with Gasteiger partial charge in [-0.3, -0.25) is 14.5 Å². The van der Waals surface area contributed by atoms with Crippen LogP contribution in [0.15, 0.2) is 53.5 Å². The van der Waals surface area contributed by atoms with E-state index in [1.54, 1.807) is 17.0 Å². The zero-order valence-corrected chi connectivity index (χ0v) is 16.9. The topological polar surface area (TPSA) is 63.4 Å². The molecule has 1 amide bonds. The number of carbonyl (C=O) groups is 2. The van der Waals surface area contributed by atoms with Crippen LogP contribution in [-0.4, -0.2) is 44.0 Å². The molecule has 7 heteroatoms. The Bertz CT molecular complexity index is 983. The lowest BCUT2D eigenvalue weighted by Crippen LogP contribution is -3.14. The predicted molar refractivity (Wildman–Crippen MR) is 111 cm³/mol. The summed E-state index contributed by atoms with van der Waals surface area (Å²) in [6.45, 7) is 4.32. The van der Waals surface area contributed by atoms with Crippen molar-refractivity contribution in [2.45, 2.75) is 19.8 Å². The van der Waals surface area contributed by atoms with Crippen LogP contribution in [0.25, 0.3) is 0 Å². The normalized spacial score (nSPS) is 22.3. The quantitative estimate of drug-likeness (QED) is 0.768. The molecule has 2 aromatic rings. The molecule has 0 unspecified atom stereocenters. The molecule has 0 aromatic heterocycles. The van der Waals surface area contributed by atoms with Crippen molar-refractivity contribution < 1.29 is 23.6 Å². The number of nitrogens with zero attached hydrogens (tertiary/aromatic N) is 2. The zero-order chi connectivity index (χ0) is 21.1. The lowest BCUT2D eigenvalue weighted by atomic mass is 9.97. The van der Waals surface area contributed by atoms with E-state index < -0.39 is 0 Å². The first-order valence-electron chi connectivity index (χ1n) is 10.3. The maximum atomic E-state index is 13.6. The molecule has 0 atom stereocenters. The van der Waals surface area contributed by atoms with E-state index >= 15 is 0 Å². The fourth-order valence-corrected chi connectivity index (χ4v) is 4.11. The number of nitrogens with one attached hydrogen (secondary N) is 1. The number of esters is 1. The fraction of sp³-hybridized carbons (Fsp3) is 0.348. The highest BCUT2D eigenvalue weighted by molar-refractivity contribution is 6.54. The first-order chi connectivity index (χ1) is 14.6. The lowest BCUT2D eigenvalue weighted by Gasteiger charge is -2.30. The first-order valence-corrected chi connectivity index (χ1v) is 10.3. The summed E-state index contributed by atoms with van der Waals surface area (Å²) in [5.41, 5.74) is 2.32. The largest absolute Gasteiger partial charge is 0.466 e. The third kappa shape index (κ3) is 4.11. The molecule has 0 aliphatic carbocycles. The Balaban J connectivity index is 1.51. The van der Waals surface area contributed by atoms with Crippen molar-refractivity contribution >= 4 is 29.0 Å². The van der Waals surface area contributed by atoms with Crippen LogP contribution in [0.2, 0.25) is 0 Å². The van der Waals surface area contributed by atoms with Crippen molar-refractivity contribution in [3.63, 3.8) is 0 Å². The summed E-state index contributed by atoms with van der Waals surface area (Å²) in [4.78, 5) is 32.6. The smallest absolute Gasteiger partial charge is 0.309 e. The third-order valence-corrected chi connectivity index (χ3v) is 5.64. The van der Waals surface area contributed by atoms with E-state index in [4.69, 9.17) is 4.74 Å². The number of carbonyl (C=O) groups excluding carboxylic acids is 2. The lowest BCUT2D eigenvalue weighted by molar-refractivity contribution is -0.904. The highest BCUT2D eigenvalue weighted by atomic mass is 19.1. The molecule has 0 radical (unpaired) electrons. The second kappa shape index (κ2) is 8.75. The molecule has 1 fully saturated rings. The first kappa shape index (κ1) is 20.2. The maximum absolute atomic E-state index is 13.6. The maximum Gasteiger partial charge on any atom is 0.309 e. The van der Waals surface area contributed by atoms with Gasteiger partial charge in [0, 0.05) is 18.4 Å². The number of halogens is 1. The molecule has 0 saturated carbocycles. The van der Waals surface area contributed by atoms with Gasteiger partial charge in [0.05, 0.1) is 37.0 Å². The van der Waals surface area contributed by atoms with Gasteiger partial charge in [-0.15, -0.1) is 0 Å². The molecule has 2 aliphatic rings. The molecule has 4 rings (SSSR count). The summed E-state index contributed by atoms with van der Waals surface area (Å²) in [5.74, 6) is -0.745. The minimum atomic E-state index is -0.388. The summed E-state index contributed by atoms with van der Waals surface area (Å²) in [6.07, 6.45) is 1.50. The number of para-hydroxylation sites is 1. The minimum Gasteiger partial charge on any atom is -0.466 e. The monoisotopic (exact) mass is 410 g/mol. The molecular formula is C23H25FN3O3+. The number of quaternary nitrogens is 1. The molecule has 0 spiro atoms. The average molecular weight is 410 g/mol. The number of hydrogen-bond donors (Lipinski definition) is 1. The van der Waals surface area contributed by atoms with Crippen LogP contribution in [0, 0.1) is 11.7 Å². The molecule has 0 bridgehead atoms. The van der Waals surface area contributed by atoms with Crippen LogP contribution in [0.3, 0.4) is 0 Å². The Hall–Kier alpha value is -3.06. The van der Waals surface area contributed by atoms with Crippen LogP contribution in [0.4, 0.5) is 15.8 Å². The number of piperidine rings is 1. The molecule has 2 aliphatic heterocycles. The molecule has 6 nitrogen and oxygen atoms in total. The number of amides is 1. The van der Waals surface area contributed by atoms with E-state index in [9.17, 15) is 14.0 Å². The summed E-state index contributed by atoms with van der Waals surface area (Å²) >= 11 is 0. The highest BCUT2D eigenvalue weighted by Gasteiger charge is 2.37. The van der Waals surface area contributed by atoms with E-state index in [2.05, 4.69) is 4.99 Å². The van der Waals surface area contributed by atoms with Gasteiger partial charge in [0.15, 0.2) is 6.67 Å². The van der Waals surface area contributed by atoms with Crippen LogP contribution >= 0.6 is 0 Å². The Morgan fingerprint density at radius 2 is 1.97 bits per heavy atom. The van der Waals surface area contributed by atoms with Gasteiger partial charge in [0.1, 0.15) is 11.5 Å². The number of benzene rings is 2.